The summed E-state index contributed by atoms with van der Waals surface area (Å²) in [7, 11) is 2.32. The van der Waals surface area contributed by atoms with Crippen molar-refractivity contribution in [1.29, 1.82) is 0 Å². The maximum Gasteiger partial charge on any atom is 0.00933 e. The zero-order chi connectivity index (χ0) is 12.5. The first-order valence-electron chi connectivity index (χ1n) is 7.71. The molecule has 0 aromatic heterocycles. The van der Waals surface area contributed by atoms with Crippen LogP contribution >= 0.6 is 0 Å². The van der Waals surface area contributed by atoms with Gasteiger partial charge in [0.25, 0.3) is 0 Å². The summed E-state index contributed by atoms with van der Waals surface area (Å²) >= 11 is 0. The van der Waals surface area contributed by atoms with E-state index in [9.17, 15) is 0 Å². The summed E-state index contributed by atoms with van der Waals surface area (Å²) in [6.07, 6.45) is 11.1. The van der Waals surface area contributed by atoms with Gasteiger partial charge in [-0.15, -0.1) is 0 Å². The van der Waals surface area contributed by atoms with E-state index in [-0.39, 0.29) is 0 Å². The van der Waals surface area contributed by atoms with E-state index in [1.165, 1.54) is 57.9 Å². The van der Waals surface area contributed by atoms with Crippen molar-refractivity contribution in [3.8, 4) is 0 Å². The molecule has 1 N–H and O–H groups in total. The van der Waals surface area contributed by atoms with Crippen molar-refractivity contribution >= 4 is 0 Å². The average molecular weight is 240 g/mol. The number of nitrogens with zero attached hydrogens (tertiary/aromatic N) is 1. The van der Waals surface area contributed by atoms with Crippen LogP contribution in [0.4, 0.5) is 0 Å². The summed E-state index contributed by atoms with van der Waals surface area (Å²) in [5, 5.41) is 3.59. The zero-order valence-corrected chi connectivity index (χ0v) is 12.2. The van der Waals surface area contributed by atoms with Gasteiger partial charge in [-0.25, -0.2) is 0 Å². The van der Waals surface area contributed by atoms with Crippen molar-refractivity contribution < 1.29 is 0 Å². The number of rotatable bonds is 8. The van der Waals surface area contributed by atoms with E-state index in [1.54, 1.807) is 0 Å². The molecule has 2 heteroatoms. The van der Waals surface area contributed by atoms with Crippen molar-refractivity contribution in [3.05, 3.63) is 0 Å². The summed E-state index contributed by atoms with van der Waals surface area (Å²) in [5.41, 5.74) is 0. The standard InChI is InChI=1S/C15H32N2/c1-4-6-7-8-13-17(3)15-11-9-14(10-12-15)16-5-2/h14-16H,4-13H2,1-3H3. The molecule has 1 saturated carbocycles. The van der Waals surface area contributed by atoms with E-state index in [4.69, 9.17) is 0 Å². The van der Waals surface area contributed by atoms with E-state index in [0.717, 1.165) is 18.6 Å². The fourth-order valence-electron chi connectivity index (χ4n) is 2.98. The highest BCUT2D eigenvalue weighted by Crippen LogP contribution is 2.22. The summed E-state index contributed by atoms with van der Waals surface area (Å²) < 4.78 is 0. The second-order valence-electron chi connectivity index (χ2n) is 5.60. The Morgan fingerprint density at radius 2 is 1.71 bits per heavy atom. The minimum atomic E-state index is 0.796. The quantitative estimate of drug-likeness (QED) is 0.654. The molecule has 0 atom stereocenters. The third kappa shape index (κ3) is 5.87. The lowest BCUT2D eigenvalue weighted by Gasteiger charge is -2.35. The van der Waals surface area contributed by atoms with Crippen LogP contribution in [0.2, 0.25) is 0 Å². The van der Waals surface area contributed by atoms with Gasteiger partial charge in [-0.05, 0) is 52.2 Å². The Bertz CT molecular complexity index is 174. The zero-order valence-electron chi connectivity index (χ0n) is 12.2. The summed E-state index contributed by atoms with van der Waals surface area (Å²) in [6, 6.07) is 1.65. The van der Waals surface area contributed by atoms with E-state index in [2.05, 4.69) is 31.1 Å². The van der Waals surface area contributed by atoms with Crippen molar-refractivity contribution in [3.63, 3.8) is 0 Å². The lowest BCUT2D eigenvalue weighted by Crippen LogP contribution is -2.41. The summed E-state index contributed by atoms with van der Waals surface area (Å²) in [5.74, 6) is 0. The van der Waals surface area contributed by atoms with Gasteiger partial charge in [-0.3, -0.25) is 0 Å². The lowest BCUT2D eigenvalue weighted by molar-refractivity contribution is 0.172. The minimum absolute atomic E-state index is 0.796. The number of unbranched alkanes of at least 4 members (excludes halogenated alkanes) is 3. The van der Waals surface area contributed by atoms with Gasteiger partial charge in [0.1, 0.15) is 0 Å². The van der Waals surface area contributed by atoms with E-state index in [1.807, 2.05) is 0 Å². The highest BCUT2D eigenvalue weighted by molar-refractivity contribution is 4.81. The first-order chi connectivity index (χ1) is 8.27. The van der Waals surface area contributed by atoms with Crippen molar-refractivity contribution in [2.24, 2.45) is 0 Å². The molecule has 0 heterocycles. The van der Waals surface area contributed by atoms with Crippen LogP contribution in [-0.2, 0) is 0 Å². The number of hydrogen-bond acceptors (Lipinski definition) is 2. The fourth-order valence-corrected chi connectivity index (χ4v) is 2.98. The topological polar surface area (TPSA) is 15.3 Å². The first-order valence-corrected chi connectivity index (χ1v) is 7.71. The third-order valence-electron chi connectivity index (χ3n) is 4.18. The highest BCUT2D eigenvalue weighted by atomic mass is 15.1. The number of nitrogens with one attached hydrogen (secondary N) is 1. The van der Waals surface area contributed by atoms with Crippen LogP contribution in [0.25, 0.3) is 0 Å². The van der Waals surface area contributed by atoms with Crippen LogP contribution in [0, 0.1) is 0 Å². The molecule has 0 aromatic rings. The summed E-state index contributed by atoms with van der Waals surface area (Å²) in [6.45, 7) is 6.93. The molecule has 0 radical (unpaired) electrons. The Labute approximate surface area is 108 Å². The molecule has 0 amide bonds. The van der Waals surface area contributed by atoms with Gasteiger partial charge in [0.15, 0.2) is 0 Å². The van der Waals surface area contributed by atoms with Crippen LogP contribution in [-0.4, -0.2) is 37.1 Å². The highest BCUT2D eigenvalue weighted by Gasteiger charge is 2.22. The molecule has 0 saturated heterocycles. The van der Waals surface area contributed by atoms with Gasteiger partial charge in [0, 0.05) is 12.1 Å². The Balaban J connectivity index is 2.10. The second-order valence-corrected chi connectivity index (χ2v) is 5.60. The second kappa shape index (κ2) is 8.93. The van der Waals surface area contributed by atoms with E-state index >= 15 is 0 Å². The smallest absolute Gasteiger partial charge is 0.00933 e. The van der Waals surface area contributed by atoms with Crippen LogP contribution in [0.3, 0.4) is 0 Å². The predicted molar refractivity (Wildman–Crippen MR) is 76.5 cm³/mol. The molecule has 0 spiro atoms. The maximum absolute atomic E-state index is 3.59. The van der Waals surface area contributed by atoms with E-state index < -0.39 is 0 Å². The molecule has 102 valence electrons. The molecule has 1 aliphatic carbocycles. The van der Waals surface area contributed by atoms with Gasteiger partial charge >= 0.3 is 0 Å². The van der Waals surface area contributed by atoms with E-state index in [0.29, 0.717) is 0 Å². The maximum atomic E-state index is 3.59. The molecule has 2 nitrogen and oxygen atoms in total. The molecule has 1 aliphatic rings. The van der Waals surface area contributed by atoms with Crippen LogP contribution in [0.1, 0.15) is 65.2 Å². The van der Waals surface area contributed by atoms with Gasteiger partial charge in [0.2, 0.25) is 0 Å². The molecule has 1 rings (SSSR count). The lowest BCUT2D eigenvalue weighted by atomic mass is 9.90. The largest absolute Gasteiger partial charge is 0.314 e. The van der Waals surface area contributed by atoms with Crippen molar-refractivity contribution in [2.45, 2.75) is 77.3 Å². The Morgan fingerprint density at radius 1 is 1.00 bits per heavy atom. The molecule has 1 fully saturated rings. The SMILES string of the molecule is CCCCCCN(C)C1CCC(NCC)CC1. The predicted octanol–water partition coefficient (Wildman–Crippen LogP) is 3.42. The van der Waals surface area contributed by atoms with Gasteiger partial charge in [-0.2, -0.15) is 0 Å². The van der Waals surface area contributed by atoms with Gasteiger partial charge in [0.05, 0.1) is 0 Å². The van der Waals surface area contributed by atoms with Gasteiger partial charge in [-0.1, -0.05) is 33.1 Å². The van der Waals surface area contributed by atoms with Crippen LogP contribution in [0.5, 0.6) is 0 Å². The molecule has 0 aromatic carbocycles. The Kier molecular flexibility index (Phi) is 7.87. The molecule has 0 bridgehead atoms. The normalized spacial score (nSPS) is 25.4. The monoisotopic (exact) mass is 240 g/mol. The van der Waals surface area contributed by atoms with Crippen LogP contribution in [0.15, 0.2) is 0 Å². The third-order valence-corrected chi connectivity index (χ3v) is 4.18. The molecule has 17 heavy (non-hydrogen) atoms. The first kappa shape index (κ1) is 15.0. The van der Waals surface area contributed by atoms with Crippen molar-refractivity contribution in [2.75, 3.05) is 20.1 Å². The molecular weight excluding hydrogens is 208 g/mol. The average Bonchev–Trinajstić information content (AvgIpc) is 2.36. The fraction of sp³-hybridized carbons (Fsp3) is 1.00. The Hall–Kier alpha value is -0.0800. The summed E-state index contributed by atoms with van der Waals surface area (Å²) in [4.78, 5) is 2.61. The van der Waals surface area contributed by atoms with Crippen molar-refractivity contribution in [1.82, 2.24) is 10.2 Å². The van der Waals surface area contributed by atoms with Gasteiger partial charge < -0.3 is 10.2 Å². The Morgan fingerprint density at radius 3 is 2.29 bits per heavy atom. The molecule has 0 aliphatic heterocycles. The number of hydrogen-bond donors (Lipinski definition) is 1. The molecular formula is C15H32N2. The minimum Gasteiger partial charge on any atom is -0.314 e. The molecule has 0 unspecified atom stereocenters. The van der Waals surface area contributed by atoms with Crippen LogP contribution < -0.4 is 5.32 Å².